The number of sulfonamides is 1. The van der Waals surface area contributed by atoms with Crippen molar-refractivity contribution in [2.24, 2.45) is 0 Å². The molecule has 11 heteroatoms. The topological polar surface area (TPSA) is 142 Å². The molecule has 1 heterocycles. The number of hydrogen-bond acceptors (Lipinski definition) is 7. The van der Waals surface area contributed by atoms with Gasteiger partial charge in [0.1, 0.15) is 6.04 Å². The van der Waals surface area contributed by atoms with Gasteiger partial charge in [-0.3, -0.25) is 14.9 Å². The van der Waals surface area contributed by atoms with Crippen LogP contribution in [0.5, 0.6) is 0 Å². The number of carbonyl (C=O) groups is 3. The monoisotopic (exact) mass is 427 g/mol. The largest absolute Gasteiger partial charge is 0.451 e. The van der Waals surface area contributed by atoms with E-state index in [1.54, 1.807) is 13.0 Å². The van der Waals surface area contributed by atoms with Crippen molar-refractivity contribution in [3.63, 3.8) is 0 Å². The smallest absolute Gasteiger partial charge is 0.325 e. The first-order chi connectivity index (χ1) is 13.5. The van der Waals surface area contributed by atoms with Crippen LogP contribution in [0.25, 0.3) is 0 Å². The molecule has 1 aromatic rings. The van der Waals surface area contributed by atoms with Gasteiger partial charge in [0, 0.05) is 20.0 Å². The van der Waals surface area contributed by atoms with Gasteiger partial charge < -0.3 is 15.2 Å². The van der Waals surface area contributed by atoms with E-state index in [2.05, 4.69) is 5.32 Å². The van der Waals surface area contributed by atoms with Gasteiger partial charge in [-0.25, -0.2) is 13.2 Å². The molecule has 0 bridgehead atoms. The molecule has 1 fully saturated rings. The van der Waals surface area contributed by atoms with Crippen LogP contribution in [0.2, 0.25) is 0 Å². The maximum Gasteiger partial charge on any atom is 0.325 e. The molecule has 0 radical (unpaired) electrons. The molecular formula is C18H25N3O7S. The summed E-state index contributed by atoms with van der Waals surface area (Å²) in [5.41, 5.74) is 1.68. The molecule has 1 aromatic carbocycles. The summed E-state index contributed by atoms with van der Waals surface area (Å²) >= 11 is 0. The number of urea groups is 1. The third-order valence-corrected chi connectivity index (χ3v) is 6.59. The van der Waals surface area contributed by atoms with Crippen molar-refractivity contribution in [1.82, 2.24) is 14.9 Å². The summed E-state index contributed by atoms with van der Waals surface area (Å²) in [6.45, 7) is 4.60. The van der Waals surface area contributed by atoms with Gasteiger partial charge in [-0.2, -0.15) is 4.31 Å². The number of nitrogens with zero attached hydrogens (tertiary/aromatic N) is 1. The number of β-amino-alcohol motifs (C(OH)–C–C–N with tert-alkyl or cyclic N) is 1. The lowest BCUT2D eigenvalue weighted by atomic mass is 10.1. The Morgan fingerprint density at radius 2 is 1.90 bits per heavy atom. The van der Waals surface area contributed by atoms with Gasteiger partial charge >= 0.3 is 12.0 Å². The van der Waals surface area contributed by atoms with Crippen LogP contribution in [0.3, 0.4) is 0 Å². The van der Waals surface area contributed by atoms with Gasteiger partial charge in [0.05, 0.1) is 11.0 Å². The molecule has 1 aliphatic rings. The van der Waals surface area contributed by atoms with E-state index in [-0.39, 0.29) is 17.9 Å². The van der Waals surface area contributed by atoms with Crippen molar-refractivity contribution >= 4 is 27.9 Å². The summed E-state index contributed by atoms with van der Waals surface area (Å²) in [4.78, 5) is 35.6. The highest BCUT2D eigenvalue weighted by Crippen LogP contribution is 2.28. The number of carbonyl (C=O) groups excluding carboxylic acids is 3. The summed E-state index contributed by atoms with van der Waals surface area (Å²) in [6, 6.07) is 2.54. The highest BCUT2D eigenvalue weighted by molar-refractivity contribution is 7.89. The van der Waals surface area contributed by atoms with Crippen molar-refractivity contribution in [1.29, 1.82) is 0 Å². The number of imide groups is 1. The summed E-state index contributed by atoms with van der Waals surface area (Å²) < 4.78 is 32.0. The second kappa shape index (κ2) is 8.89. The number of hydrogen-bond donors (Lipinski definition) is 3. The number of aryl methyl sites for hydroxylation is 2. The van der Waals surface area contributed by atoms with Gasteiger partial charge in [-0.15, -0.1) is 0 Å². The number of ether oxygens (including phenoxy) is 1. The minimum atomic E-state index is -4.08. The molecule has 2 rings (SSSR count). The Kier molecular flexibility index (Phi) is 6.98. The molecule has 0 spiro atoms. The first kappa shape index (κ1) is 22.8. The minimum absolute atomic E-state index is 0.00194. The fraction of sp³-hybridized carbons (Fsp3) is 0.500. The van der Waals surface area contributed by atoms with E-state index in [9.17, 15) is 27.9 Å². The van der Waals surface area contributed by atoms with Crippen molar-refractivity contribution in [2.45, 2.75) is 50.3 Å². The average Bonchev–Trinajstić information content (AvgIpc) is 3.06. The number of nitrogens with one attached hydrogen (secondary N) is 2. The van der Waals surface area contributed by atoms with Crippen LogP contribution in [-0.4, -0.2) is 67.6 Å². The van der Waals surface area contributed by atoms with E-state index >= 15 is 0 Å². The Morgan fingerprint density at radius 1 is 1.24 bits per heavy atom. The van der Waals surface area contributed by atoms with Crippen LogP contribution >= 0.6 is 0 Å². The Balaban J connectivity index is 2.20. The van der Waals surface area contributed by atoms with E-state index in [4.69, 9.17) is 4.74 Å². The van der Waals surface area contributed by atoms with Crippen LogP contribution in [0, 0.1) is 13.8 Å². The minimum Gasteiger partial charge on any atom is -0.451 e. The third kappa shape index (κ3) is 5.11. The molecule has 160 valence electrons. The lowest BCUT2D eigenvalue weighted by Crippen LogP contribution is -2.46. The second-order valence-corrected chi connectivity index (χ2v) is 8.76. The first-order valence-corrected chi connectivity index (χ1v) is 10.4. The number of benzene rings is 1. The number of amides is 3. The number of rotatable bonds is 5. The zero-order valence-corrected chi connectivity index (χ0v) is 17.4. The van der Waals surface area contributed by atoms with Gasteiger partial charge in [0.2, 0.25) is 10.0 Å². The summed E-state index contributed by atoms with van der Waals surface area (Å²) in [7, 11) is -2.76. The fourth-order valence-corrected chi connectivity index (χ4v) is 4.57. The van der Waals surface area contributed by atoms with Gasteiger partial charge in [0.25, 0.3) is 5.91 Å². The van der Waals surface area contributed by atoms with Gasteiger partial charge in [-0.1, -0.05) is 6.07 Å². The number of aliphatic hydroxyl groups excluding tert-OH is 1. The van der Waals surface area contributed by atoms with Crippen molar-refractivity contribution in [2.75, 3.05) is 13.6 Å². The van der Waals surface area contributed by atoms with Gasteiger partial charge in [-0.05, 0) is 44.0 Å². The zero-order chi connectivity index (χ0) is 21.9. The molecule has 0 saturated carbocycles. The van der Waals surface area contributed by atoms with E-state index < -0.39 is 46.2 Å². The molecule has 2 unspecified atom stereocenters. The molecule has 1 aliphatic heterocycles. The lowest BCUT2D eigenvalue weighted by molar-refractivity contribution is -0.157. The Hall–Kier alpha value is -2.50. The summed E-state index contributed by atoms with van der Waals surface area (Å²) in [6.07, 6.45) is -2.54. The van der Waals surface area contributed by atoms with Crippen LogP contribution in [0.1, 0.15) is 24.5 Å². The fourth-order valence-electron chi connectivity index (χ4n) is 2.86. The average molecular weight is 427 g/mol. The maximum atomic E-state index is 13.0. The van der Waals surface area contributed by atoms with Crippen LogP contribution in [-0.2, 0) is 24.3 Å². The highest BCUT2D eigenvalue weighted by atomic mass is 32.2. The maximum absolute atomic E-state index is 13.0. The third-order valence-electron chi connectivity index (χ3n) is 4.72. The molecule has 0 aliphatic carbocycles. The Bertz CT molecular complexity index is 916. The molecular weight excluding hydrogens is 402 g/mol. The van der Waals surface area contributed by atoms with Crippen LogP contribution in [0.15, 0.2) is 23.1 Å². The SMILES string of the molecule is CNC(=O)NC(=O)C(C)OC(=O)[C@@H]1CC(O)CN1S(=O)(=O)c1ccc(C)c(C)c1. The molecule has 3 amide bonds. The summed E-state index contributed by atoms with van der Waals surface area (Å²) in [5, 5.41) is 14.1. The zero-order valence-electron chi connectivity index (χ0n) is 16.6. The van der Waals surface area contributed by atoms with Crippen LogP contribution < -0.4 is 10.6 Å². The predicted octanol–water partition coefficient (Wildman–Crippen LogP) is -0.185. The highest BCUT2D eigenvalue weighted by Gasteiger charge is 2.45. The molecule has 29 heavy (non-hydrogen) atoms. The second-order valence-electron chi connectivity index (χ2n) is 6.87. The molecule has 10 nitrogen and oxygen atoms in total. The van der Waals surface area contributed by atoms with E-state index in [1.807, 2.05) is 12.2 Å². The number of aliphatic hydroxyl groups is 1. The lowest BCUT2D eigenvalue weighted by Gasteiger charge is -2.24. The summed E-state index contributed by atoms with van der Waals surface area (Å²) in [5.74, 6) is -1.84. The quantitative estimate of drug-likeness (QED) is 0.553. The molecule has 1 saturated heterocycles. The van der Waals surface area contributed by atoms with E-state index in [1.165, 1.54) is 26.1 Å². The predicted molar refractivity (Wildman–Crippen MR) is 102 cm³/mol. The standard InChI is InChI=1S/C18H25N3O7S/c1-10-5-6-14(7-11(10)2)29(26,27)21-9-13(22)8-15(21)17(24)28-12(3)16(23)20-18(25)19-4/h5-7,12-13,15,22H,8-9H2,1-4H3,(H2,19,20,23,25)/t12?,13?,15-/m0/s1. The van der Waals surface area contributed by atoms with E-state index in [0.29, 0.717) is 0 Å². The molecule has 3 N–H and O–H groups in total. The molecule has 0 aromatic heterocycles. The Morgan fingerprint density at radius 3 is 2.48 bits per heavy atom. The van der Waals surface area contributed by atoms with Crippen LogP contribution in [0.4, 0.5) is 4.79 Å². The van der Waals surface area contributed by atoms with Crippen molar-refractivity contribution in [3.05, 3.63) is 29.3 Å². The normalized spacial score (nSPS) is 20.7. The van der Waals surface area contributed by atoms with Crippen molar-refractivity contribution < 1.29 is 32.6 Å². The van der Waals surface area contributed by atoms with Gasteiger partial charge in [0.15, 0.2) is 6.10 Å². The number of esters is 1. The van der Waals surface area contributed by atoms with Crippen molar-refractivity contribution in [3.8, 4) is 0 Å². The van der Waals surface area contributed by atoms with E-state index in [0.717, 1.165) is 15.4 Å². The first-order valence-electron chi connectivity index (χ1n) is 8.97. The Labute approximate surface area is 169 Å². The molecule has 3 atom stereocenters.